The Morgan fingerprint density at radius 2 is 2.07 bits per heavy atom. The van der Waals surface area contributed by atoms with E-state index in [0.717, 1.165) is 25.8 Å². The molecule has 0 unspecified atom stereocenters. The van der Waals surface area contributed by atoms with Gasteiger partial charge in [-0.05, 0) is 32.9 Å². The van der Waals surface area contributed by atoms with Crippen molar-refractivity contribution in [1.29, 1.82) is 5.26 Å². The second-order valence-electron chi connectivity index (χ2n) is 3.17. The smallest absolute Gasteiger partial charge is 0.220 e. The van der Waals surface area contributed by atoms with Gasteiger partial charge in [0.25, 0.3) is 0 Å². The summed E-state index contributed by atoms with van der Waals surface area (Å²) in [6, 6.07) is 2.08. The Morgan fingerprint density at radius 1 is 1.29 bits per heavy atom. The number of amides is 1. The lowest BCUT2D eigenvalue weighted by Gasteiger charge is -2.03. The van der Waals surface area contributed by atoms with Crippen LogP contribution in [0, 0.1) is 11.3 Å². The summed E-state index contributed by atoms with van der Waals surface area (Å²) in [5, 5.41) is 14.1. The highest BCUT2D eigenvalue weighted by Crippen LogP contribution is 1.92. The topological polar surface area (TPSA) is 64.9 Å². The molecule has 2 N–H and O–H groups in total. The lowest BCUT2D eigenvalue weighted by molar-refractivity contribution is -0.121. The minimum atomic E-state index is 0.109. The second kappa shape index (κ2) is 10.0. The molecule has 0 aromatic rings. The van der Waals surface area contributed by atoms with Gasteiger partial charge in [0.1, 0.15) is 0 Å². The lowest BCUT2D eigenvalue weighted by atomic mass is 10.2. The number of nitriles is 1. The number of hydrogen-bond donors (Lipinski definition) is 2. The van der Waals surface area contributed by atoms with Crippen molar-refractivity contribution in [1.82, 2.24) is 10.6 Å². The van der Waals surface area contributed by atoms with E-state index in [2.05, 4.69) is 16.7 Å². The van der Waals surface area contributed by atoms with Gasteiger partial charge in [0.2, 0.25) is 5.91 Å². The second-order valence-corrected chi connectivity index (χ2v) is 3.17. The Morgan fingerprint density at radius 3 is 2.71 bits per heavy atom. The quantitative estimate of drug-likeness (QED) is 0.566. The summed E-state index contributed by atoms with van der Waals surface area (Å²) in [6.45, 7) is 1.57. The molecule has 1 amide bonds. The van der Waals surface area contributed by atoms with E-state index in [4.69, 9.17) is 5.26 Å². The van der Waals surface area contributed by atoms with Crippen LogP contribution in [0.15, 0.2) is 0 Å². The Kier molecular flexibility index (Phi) is 9.23. The summed E-state index contributed by atoms with van der Waals surface area (Å²) in [4.78, 5) is 11.1. The highest BCUT2D eigenvalue weighted by atomic mass is 16.1. The van der Waals surface area contributed by atoms with Crippen LogP contribution in [0.5, 0.6) is 0 Å². The summed E-state index contributed by atoms with van der Waals surface area (Å²) >= 11 is 0. The van der Waals surface area contributed by atoms with Crippen LogP contribution in [0.3, 0.4) is 0 Å². The molecule has 0 aromatic carbocycles. The Hall–Kier alpha value is -1.08. The number of hydrogen-bond acceptors (Lipinski definition) is 3. The molecule has 0 atom stereocenters. The number of rotatable bonds is 8. The van der Waals surface area contributed by atoms with Gasteiger partial charge in [0.15, 0.2) is 0 Å². The zero-order valence-electron chi connectivity index (χ0n) is 8.81. The molecule has 4 nitrogen and oxygen atoms in total. The van der Waals surface area contributed by atoms with E-state index in [0.29, 0.717) is 19.4 Å². The van der Waals surface area contributed by atoms with Crippen molar-refractivity contribution in [2.75, 3.05) is 20.1 Å². The number of unbranched alkanes of at least 4 members (excludes halogenated alkanes) is 2. The van der Waals surface area contributed by atoms with Gasteiger partial charge in [-0.3, -0.25) is 4.79 Å². The van der Waals surface area contributed by atoms with Crippen LogP contribution in [0.2, 0.25) is 0 Å². The van der Waals surface area contributed by atoms with Gasteiger partial charge >= 0.3 is 0 Å². The van der Waals surface area contributed by atoms with Crippen molar-refractivity contribution in [2.24, 2.45) is 0 Å². The van der Waals surface area contributed by atoms with Gasteiger partial charge in [-0.15, -0.1) is 0 Å². The molecule has 0 aromatic heterocycles. The first kappa shape index (κ1) is 12.9. The summed E-state index contributed by atoms with van der Waals surface area (Å²) in [5.74, 6) is 0.109. The summed E-state index contributed by atoms with van der Waals surface area (Å²) in [6.07, 6.45) is 3.80. The maximum Gasteiger partial charge on any atom is 0.220 e. The molecule has 0 rings (SSSR count). The molecule has 0 saturated heterocycles. The molecular formula is C10H19N3O. The Labute approximate surface area is 85.7 Å². The SMILES string of the molecule is CNCCCC(=O)NCCCCC#N. The normalized spacial score (nSPS) is 9.43. The first-order valence-electron chi connectivity index (χ1n) is 5.09. The average molecular weight is 197 g/mol. The fraction of sp³-hybridized carbons (Fsp3) is 0.800. The van der Waals surface area contributed by atoms with Crippen molar-refractivity contribution < 1.29 is 4.79 Å². The standard InChI is InChI=1S/C10H19N3O/c1-12-8-5-6-10(14)13-9-4-2-3-7-11/h12H,2-6,8-9H2,1H3,(H,13,14). The molecule has 0 saturated carbocycles. The van der Waals surface area contributed by atoms with Gasteiger partial charge in [-0.25, -0.2) is 0 Å². The first-order valence-corrected chi connectivity index (χ1v) is 5.09. The Balaban J connectivity index is 3.15. The van der Waals surface area contributed by atoms with E-state index < -0.39 is 0 Å². The molecule has 0 heterocycles. The Bertz CT molecular complexity index is 186. The van der Waals surface area contributed by atoms with Gasteiger partial charge in [-0.2, -0.15) is 5.26 Å². The molecule has 0 aliphatic heterocycles. The van der Waals surface area contributed by atoms with E-state index in [1.54, 1.807) is 0 Å². The largest absolute Gasteiger partial charge is 0.356 e. The highest BCUT2D eigenvalue weighted by Gasteiger charge is 1.98. The van der Waals surface area contributed by atoms with Crippen LogP contribution in [-0.2, 0) is 4.79 Å². The van der Waals surface area contributed by atoms with Crippen LogP contribution in [0.4, 0.5) is 0 Å². The van der Waals surface area contributed by atoms with Crippen LogP contribution in [0.25, 0.3) is 0 Å². The average Bonchev–Trinajstić information content (AvgIpc) is 2.18. The van der Waals surface area contributed by atoms with Crippen molar-refractivity contribution in [3.63, 3.8) is 0 Å². The lowest BCUT2D eigenvalue weighted by Crippen LogP contribution is -2.25. The monoisotopic (exact) mass is 197 g/mol. The first-order chi connectivity index (χ1) is 6.81. The van der Waals surface area contributed by atoms with Crippen molar-refractivity contribution in [3.8, 4) is 6.07 Å². The predicted octanol–water partition coefficient (Wildman–Crippen LogP) is 0.796. The zero-order valence-corrected chi connectivity index (χ0v) is 8.81. The minimum absolute atomic E-state index is 0.109. The van der Waals surface area contributed by atoms with Crippen molar-refractivity contribution in [2.45, 2.75) is 32.1 Å². The van der Waals surface area contributed by atoms with Crippen molar-refractivity contribution >= 4 is 5.91 Å². The molecule has 0 aliphatic rings. The number of nitrogens with zero attached hydrogens (tertiary/aromatic N) is 1. The van der Waals surface area contributed by atoms with Crippen LogP contribution in [-0.4, -0.2) is 26.0 Å². The molecule has 0 aliphatic carbocycles. The van der Waals surface area contributed by atoms with E-state index >= 15 is 0 Å². The molecule has 80 valence electrons. The number of nitrogens with one attached hydrogen (secondary N) is 2. The molecule has 14 heavy (non-hydrogen) atoms. The number of carbonyl (C=O) groups excluding carboxylic acids is 1. The fourth-order valence-corrected chi connectivity index (χ4v) is 1.07. The molecule has 4 heteroatoms. The van der Waals surface area contributed by atoms with Gasteiger partial charge in [0, 0.05) is 19.4 Å². The summed E-state index contributed by atoms with van der Waals surface area (Å²) in [7, 11) is 1.87. The summed E-state index contributed by atoms with van der Waals surface area (Å²) < 4.78 is 0. The van der Waals surface area contributed by atoms with E-state index in [1.807, 2.05) is 7.05 Å². The third-order valence-corrected chi connectivity index (χ3v) is 1.87. The van der Waals surface area contributed by atoms with Gasteiger partial charge in [0.05, 0.1) is 6.07 Å². The van der Waals surface area contributed by atoms with Gasteiger partial charge < -0.3 is 10.6 Å². The van der Waals surface area contributed by atoms with Crippen LogP contribution >= 0.6 is 0 Å². The van der Waals surface area contributed by atoms with E-state index in [9.17, 15) is 4.79 Å². The number of carbonyl (C=O) groups is 1. The van der Waals surface area contributed by atoms with Crippen LogP contribution in [0.1, 0.15) is 32.1 Å². The third-order valence-electron chi connectivity index (χ3n) is 1.87. The molecular weight excluding hydrogens is 178 g/mol. The zero-order chi connectivity index (χ0) is 10.6. The maximum absolute atomic E-state index is 11.1. The van der Waals surface area contributed by atoms with Crippen LogP contribution < -0.4 is 10.6 Å². The molecule has 0 fully saturated rings. The summed E-state index contributed by atoms with van der Waals surface area (Å²) in [5.41, 5.74) is 0. The van der Waals surface area contributed by atoms with E-state index in [-0.39, 0.29) is 5.91 Å². The molecule has 0 spiro atoms. The molecule has 0 radical (unpaired) electrons. The van der Waals surface area contributed by atoms with Gasteiger partial charge in [-0.1, -0.05) is 0 Å². The van der Waals surface area contributed by atoms with E-state index in [1.165, 1.54) is 0 Å². The van der Waals surface area contributed by atoms with Crippen molar-refractivity contribution in [3.05, 3.63) is 0 Å². The fourth-order valence-electron chi connectivity index (χ4n) is 1.07. The third kappa shape index (κ3) is 9.01. The molecule has 0 bridgehead atoms. The maximum atomic E-state index is 11.1. The predicted molar refractivity (Wildman–Crippen MR) is 55.6 cm³/mol. The highest BCUT2D eigenvalue weighted by molar-refractivity contribution is 5.75. The minimum Gasteiger partial charge on any atom is -0.356 e.